The largest absolute Gasteiger partial charge is 0.419 e. The molecule has 25 heavy (non-hydrogen) atoms. The Morgan fingerprint density at radius 1 is 1.04 bits per heavy atom. The predicted molar refractivity (Wildman–Crippen MR) is 81.7 cm³/mol. The van der Waals surface area contributed by atoms with Crippen LogP contribution in [0.3, 0.4) is 0 Å². The van der Waals surface area contributed by atoms with E-state index in [-0.39, 0.29) is 11.3 Å². The van der Waals surface area contributed by atoms with Crippen LogP contribution in [0.25, 0.3) is 22.4 Å². The van der Waals surface area contributed by atoms with E-state index in [0.717, 1.165) is 11.6 Å². The number of hydrogen-bond acceptors (Lipinski definition) is 3. The Bertz CT molecular complexity index is 983. The molecule has 8 heteroatoms. The molecule has 0 spiro atoms. The number of aromatic amines is 1. The van der Waals surface area contributed by atoms with Crippen molar-refractivity contribution in [2.45, 2.75) is 13.1 Å². The molecule has 0 aliphatic rings. The first-order valence-corrected chi connectivity index (χ1v) is 7.10. The summed E-state index contributed by atoms with van der Waals surface area (Å²) in [5.74, 6) is -1.34. The first-order chi connectivity index (χ1) is 11.8. The van der Waals surface area contributed by atoms with Gasteiger partial charge in [0, 0.05) is 5.56 Å². The number of H-pyrrole nitrogens is 1. The summed E-state index contributed by atoms with van der Waals surface area (Å²) in [4.78, 5) is 0. The lowest BCUT2D eigenvalue weighted by Gasteiger charge is -2.11. The third-order valence-electron chi connectivity index (χ3n) is 3.62. The molecule has 0 unspecified atom stereocenters. The van der Waals surface area contributed by atoms with Crippen LogP contribution in [0.1, 0.15) is 16.8 Å². The predicted octanol–water partition coefficient (Wildman–Crippen LogP) is 4.48. The molecule has 0 aliphatic carbocycles. The van der Waals surface area contributed by atoms with E-state index in [0.29, 0.717) is 22.9 Å². The lowest BCUT2D eigenvalue weighted by atomic mass is 9.97. The molecule has 0 saturated heterocycles. The fraction of sp³-hybridized carbons (Fsp3) is 0.118. The van der Waals surface area contributed by atoms with Gasteiger partial charge in [0.2, 0.25) is 0 Å². The zero-order valence-electron chi connectivity index (χ0n) is 12.8. The molecule has 1 N–H and O–H groups in total. The molecule has 4 nitrogen and oxygen atoms in total. The highest BCUT2D eigenvalue weighted by molar-refractivity contribution is 5.74. The fourth-order valence-corrected chi connectivity index (χ4v) is 2.52. The molecule has 0 radical (unpaired) electrons. The minimum absolute atomic E-state index is 0.162. The Morgan fingerprint density at radius 3 is 2.40 bits per heavy atom. The van der Waals surface area contributed by atoms with Crippen molar-refractivity contribution in [2.75, 3.05) is 0 Å². The summed E-state index contributed by atoms with van der Waals surface area (Å²) < 4.78 is 51.9. The molecule has 3 rings (SSSR count). The van der Waals surface area contributed by atoms with Gasteiger partial charge in [-0.25, -0.2) is 9.49 Å². The molecule has 1 aromatic heterocycles. The molecule has 1 heterocycles. The third kappa shape index (κ3) is 3.21. The summed E-state index contributed by atoms with van der Waals surface area (Å²) in [7, 11) is 0. The summed E-state index contributed by atoms with van der Waals surface area (Å²) >= 11 is 0. The Kier molecular flexibility index (Phi) is 4.00. The van der Waals surface area contributed by atoms with Crippen LogP contribution in [0.2, 0.25) is 0 Å². The Labute approximate surface area is 139 Å². The number of nitrogens with zero attached hydrogens (tertiary/aromatic N) is 3. The standard InChI is InChI=1S/C17H10F4N4/c1-9-4-11(6-12(5-9)16-15(8-22)23-25-24-16)10-2-3-13(14(18)7-10)17(19,20)21/h2-7H,1H3,(H,23,24,25). The van der Waals surface area contributed by atoms with Gasteiger partial charge in [-0.2, -0.15) is 18.4 Å². The number of halogens is 4. The van der Waals surface area contributed by atoms with Crippen molar-refractivity contribution in [1.29, 1.82) is 5.26 Å². The van der Waals surface area contributed by atoms with E-state index >= 15 is 0 Å². The molecule has 0 bridgehead atoms. The summed E-state index contributed by atoms with van der Waals surface area (Å²) in [6.45, 7) is 1.78. The lowest BCUT2D eigenvalue weighted by Crippen LogP contribution is -2.07. The monoisotopic (exact) mass is 346 g/mol. The average Bonchev–Trinajstić information content (AvgIpc) is 3.01. The molecule has 126 valence electrons. The summed E-state index contributed by atoms with van der Waals surface area (Å²) in [6.07, 6.45) is -4.75. The second-order valence-corrected chi connectivity index (χ2v) is 5.43. The maximum Gasteiger partial charge on any atom is 0.419 e. The quantitative estimate of drug-likeness (QED) is 0.696. The number of rotatable bonds is 2. The number of nitriles is 1. The van der Waals surface area contributed by atoms with E-state index in [1.807, 2.05) is 6.07 Å². The minimum Gasteiger partial charge on any atom is -0.247 e. The van der Waals surface area contributed by atoms with Crippen LogP contribution in [-0.4, -0.2) is 15.4 Å². The molecule has 0 fully saturated rings. The van der Waals surface area contributed by atoms with Gasteiger partial charge in [-0.05, 0) is 47.9 Å². The number of nitrogens with one attached hydrogen (secondary N) is 1. The second-order valence-electron chi connectivity index (χ2n) is 5.43. The van der Waals surface area contributed by atoms with Gasteiger partial charge in [0.05, 0.1) is 5.56 Å². The molecular formula is C17H10F4N4. The maximum atomic E-state index is 13.8. The topological polar surface area (TPSA) is 65.4 Å². The molecule has 3 aromatic rings. The average molecular weight is 346 g/mol. The van der Waals surface area contributed by atoms with Crippen molar-refractivity contribution >= 4 is 0 Å². The van der Waals surface area contributed by atoms with Crippen LogP contribution < -0.4 is 0 Å². The van der Waals surface area contributed by atoms with Crippen LogP contribution in [0.15, 0.2) is 36.4 Å². The lowest BCUT2D eigenvalue weighted by molar-refractivity contribution is -0.139. The van der Waals surface area contributed by atoms with E-state index in [1.54, 1.807) is 25.1 Å². The number of benzene rings is 2. The normalized spacial score (nSPS) is 11.4. The zero-order valence-corrected chi connectivity index (χ0v) is 12.8. The van der Waals surface area contributed by atoms with Gasteiger partial charge < -0.3 is 0 Å². The highest BCUT2D eigenvalue weighted by Gasteiger charge is 2.33. The van der Waals surface area contributed by atoms with Gasteiger partial charge in [0.25, 0.3) is 0 Å². The van der Waals surface area contributed by atoms with E-state index in [9.17, 15) is 17.6 Å². The molecule has 2 aromatic carbocycles. The highest BCUT2D eigenvalue weighted by Crippen LogP contribution is 2.34. The van der Waals surface area contributed by atoms with E-state index in [2.05, 4.69) is 15.4 Å². The Hall–Kier alpha value is -3.21. The van der Waals surface area contributed by atoms with Crippen LogP contribution in [0.4, 0.5) is 17.6 Å². The molecule has 0 aliphatic heterocycles. The SMILES string of the molecule is Cc1cc(-c2ccc(C(F)(F)F)c(F)c2)cc(-c2nn[nH]c2C#N)c1. The van der Waals surface area contributed by atoms with Gasteiger partial charge in [-0.1, -0.05) is 17.3 Å². The first kappa shape index (κ1) is 16.6. The highest BCUT2D eigenvalue weighted by atomic mass is 19.4. The smallest absolute Gasteiger partial charge is 0.247 e. The molecular weight excluding hydrogens is 336 g/mol. The van der Waals surface area contributed by atoms with Crippen LogP contribution in [0, 0.1) is 24.1 Å². The van der Waals surface area contributed by atoms with Crippen LogP contribution in [0.5, 0.6) is 0 Å². The number of hydrogen-bond donors (Lipinski definition) is 1. The van der Waals surface area contributed by atoms with E-state index in [1.165, 1.54) is 6.07 Å². The van der Waals surface area contributed by atoms with Gasteiger partial charge in [-0.15, -0.1) is 5.10 Å². The van der Waals surface area contributed by atoms with E-state index < -0.39 is 17.6 Å². The summed E-state index contributed by atoms with van der Waals surface area (Å²) in [5, 5.41) is 18.9. The number of aromatic nitrogens is 3. The van der Waals surface area contributed by atoms with Crippen molar-refractivity contribution in [3.63, 3.8) is 0 Å². The van der Waals surface area contributed by atoms with Crippen molar-refractivity contribution in [3.05, 3.63) is 59.0 Å². The Balaban J connectivity index is 2.10. The maximum absolute atomic E-state index is 13.8. The number of aryl methyl sites for hydroxylation is 1. The summed E-state index contributed by atoms with van der Waals surface area (Å²) in [5.41, 5.74) is 1.30. The zero-order chi connectivity index (χ0) is 18.2. The van der Waals surface area contributed by atoms with Crippen LogP contribution in [-0.2, 0) is 6.18 Å². The summed E-state index contributed by atoms with van der Waals surface area (Å²) in [6, 6.07) is 9.76. The third-order valence-corrected chi connectivity index (χ3v) is 3.62. The number of alkyl halides is 3. The van der Waals surface area contributed by atoms with Gasteiger partial charge in [-0.3, -0.25) is 0 Å². The molecule has 0 amide bonds. The van der Waals surface area contributed by atoms with Gasteiger partial charge in [0.15, 0.2) is 5.69 Å². The van der Waals surface area contributed by atoms with Crippen LogP contribution >= 0.6 is 0 Å². The molecule has 0 saturated carbocycles. The first-order valence-electron chi connectivity index (χ1n) is 7.10. The van der Waals surface area contributed by atoms with Crippen molar-refractivity contribution < 1.29 is 17.6 Å². The van der Waals surface area contributed by atoms with Crippen molar-refractivity contribution in [2.24, 2.45) is 0 Å². The second kappa shape index (κ2) is 6.02. The van der Waals surface area contributed by atoms with Gasteiger partial charge in [0.1, 0.15) is 17.6 Å². The van der Waals surface area contributed by atoms with Gasteiger partial charge >= 0.3 is 6.18 Å². The fourth-order valence-electron chi connectivity index (χ4n) is 2.52. The Morgan fingerprint density at radius 2 is 1.76 bits per heavy atom. The van der Waals surface area contributed by atoms with Crippen molar-refractivity contribution in [1.82, 2.24) is 15.4 Å². The van der Waals surface area contributed by atoms with Crippen molar-refractivity contribution in [3.8, 4) is 28.5 Å². The van der Waals surface area contributed by atoms with E-state index in [4.69, 9.17) is 5.26 Å². The minimum atomic E-state index is -4.75. The molecule has 0 atom stereocenters.